The molecule has 0 spiro atoms. The topological polar surface area (TPSA) is 67.6 Å². The summed E-state index contributed by atoms with van der Waals surface area (Å²) in [6.45, 7) is 0.628. The van der Waals surface area contributed by atoms with Crippen molar-refractivity contribution in [3.63, 3.8) is 0 Å². The number of anilines is 1. The molecule has 21 heavy (non-hydrogen) atoms. The van der Waals surface area contributed by atoms with E-state index in [1.54, 1.807) is 0 Å². The van der Waals surface area contributed by atoms with E-state index in [-0.39, 0.29) is 6.42 Å². The maximum Gasteiger partial charge on any atom is 0.124 e. The summed E-state index contributed by atoms with van der Waals surface area (Å²) in [5.74, 6) is 0.771. The van der Waals surface area contributed by atoms with Gasteiger partial charge in [-0.15, -0.1) is 0 Å². The molecule has 0 unspecified atom stereocenters. The highest BCUT2D eigenvalue weighted by atomic mass is 79.9. The number of nitrogens with two attached hydrogens (primary N) is 1. The molecule has 3 rings (SSSR count). The Balaban J connectivity index is 2.13. The lowest BCUT2D eigenvalue weighted by atomic mass is 10.2. The van der Waals surface area contributed by atoms with Crippen molar-refractivity contribution in [1.82, 2.24) is 9.55 Å². The molecule has 104 valence electrons. The monoisotopic (exact) mass is 340 g/mol. The van der Waals surface area contributed by atoms with Crippen molar-refractivity contribution in [3.05, 3.63) is 58.3 Å². The average Bonchev–Trinajstić information content (AvgIpc) is 2.82. The van der Waals surface area contributed by atoms with Crippen LogP contribution in [0, 0.1) is 11.3 Å². The molecule has 1 aromatic heterocycles. The standard InChI is InChI=1S/C16H13BrN4/c17-16-11(4-3-5-12(16)19)10-21-14-7-2-1-6-13(14)20-15(21)8-9-18/h1-7H,8,10,19H2. The average molecular weight is 341 g/mol. The number of nitrogen functional groups attached to an aromatic ring is 1. The molecule has 0 aliphatic rings. The van der Waals surface area contributed by atoms with Crippen LogP contribution in [-0.2, 0) is 13.0 Å². The van der Waals surface area contributed by atoms with Gasteiger partial charge in [0, 0.05) is 10.2 Å². The number of imidazole rings is 1. The van der Waals surface area contributed by atoms with Crippen LogP contribution >= 0.6 is 15.9 Å². The molecule has 2 N–H and O–H groups in total. The predicted octanol–water partition coefficient (Wildman–Crippen LogP) is 3.50. The second-order valence-corrected chi connectivity index (χ2v) is 5.55. The smallest absolute Gasteiger partial charge is 0.124 e. The fourth-order valence-corrected chi connectivity index (χ4v) is 2.79. The van der Waals surface area contributed by atoms with Gasteiger partial charge in [-0.2, -0.15) is 5.26 Å². The first kappa shape index (κ1) is 13.7. The molecule has 0 atom stereocenters. The Morgan fingerprint density at radius 1 is 1.19 bits per heavy atom. The van der Waals surface area contributed by atoms with E-state index in [1.165, 1.54) is 0 Å². The van der Waals surface area contributed by atoms with Gasteiger partial charge in [-0.25, -0.2) is 4.98 Å². The Labute approximate surface area is 131 Å². The normalized spacial score (nSPS) is 10.7. The highest BCUT2D eigenvalue weighted by Gasteiger charge is 2.12. The van der Waals surface area contributed by atoms with Crippen LogP contribution in [-0.4, -0.2) is 9.55 Å². The van der Waals surface area contributed by atoms with Crippen LogP contribution in [0.25, 0.3) is 11.0 Å². The van der Waals surface area contributed by atoms with Crippen LogP contribution < -0.4 is 5.73 Å². The van der Waals surface area contributed by atoms with Gasteiger partial charge in [-0.1, -0.05) is 24.3 Å². The molecule has 3 aromatic rings. The van der Waals surface area contributed by atoms with Crippen LogP contribution in [0.3, 0.4) is 0 Å². The van der Waals surface area contributed by atoms with E-state index in [2.05, 4.69) is 31.6 Å². The maximum atomic E-state index is 9.00. The van der Waals surface area contributed by atoms with E-state index >= 15 is 0 Å². The minimum Gasteiger partial charge on any atom is -0.398 e. The molecule has 0 saturated heterocycles. The fraction of sp³-hybridized carbons (Fsp3) is 0.125. The van der Waals surface area contributed by atoms with Gasteiger partial charge in [-0.05, 0) is 39.7 Å². The van der Waals surface area contributed by atoms with Crippen molar-refractivity contribution in [2.24, 2.45) is 0 Å². The van der Waals surface area contributed by atoms with Crippen LogP contribution in [0.15, 0.2) is 46.9 Å². The minimum absolute atomic E-state index is 0.286. The molecule has 4 nitrogen and oxygen atoms in total. The van der Waals surface area contributed by atoms with Crippen LogP contribution in [0.4, 0.5) is 5.69 Å². The predicted molar refractivity (Wildman–Crippen MR) is 86.7 cm³/mol. The SMILES string of the molecule is N#CCc1nc2ccccc2n1Cc1cccc(N)c1Br. The first-order chi connectivity index (χ1) is 10.2. The number of nitriles is 1. The first-order valence-electron chi connectivity index (χ1n) is 6.54. The van der Waals surface area contributed by atoms with E-state index < -0.39 is 0 Å². The lowest BCUT2D eigenvalue weighted by Crippen LogP contribution is -2.06. The molecule has 0 radical (unpaired) electrons. The van der Waals surface area contributed by atoms with Gasteiger partial charge in [0.1, 0.15) is 5.82 Å². The molecular formula is C16H13BrN4. The number of hydrogen-bond donors (Lipinski definition) is 1. The van der Waals surface area contributed by atoms with Crippen LogP contribution in [0.5, 0.6) is 0 Å². The summed E-state index contributed by atoms with van der Waals surface area (Å²) in [5.41, 5.74) is 9.64. The molecule has 0 aliphatic carbocycles. The Hall–Kier alpha value is -2.32. The summed E-state index contributed by atoms with van der Waals surface area (Å²) >= 11 is 3.53. The summed E-state index contributed by atoms with van der Waals surface area (Å²) in [7, 11) is 0. The van der Waals surface area contributed by atoms with Crippen molar-refractivity contribution in [2.45, 2.75) is 13.0 Å². The molecular weight excluding hydrogens is 328 g/mol. The lowest BCUT2D eigenvalue weighted by Gasteiger charge is -2.11. The van der Waals surface area contributed by atoms with Crippen molar-refractivity contribution >= 4 is 32.7 Å². The summed E-state index contributed by atoms with van der Waals surface area (Å²) in [6, 6.07) is 15.9. The van der Waals surface area contributed by atoms with Gasteiger partial charge in [0.15, 0.2) is 0 Å². The zero-order valence-corrected chi connectivity index (χ0v) is 12.8. The maximum absolute atomic E-state index is 9.00. The number of benzene rings is 2. The molecule has 0 aliphatic heterocycles. The van der Waals surface area contributed by atoms with Gasteiger partial charge in [0.25, 0.3) is 0 Å². The zero-order valence-electron chi connectivity index (χ0n) is 11.3. The zero-order chi connectivity index (χ0) is 14.8. The van der Waals surface area contributed by atoms with Crippen molar-refractivity contribution in [2.75, 3.05) is 5.73 Å². The number of halogens is 1. The van der Waals surface area contributed by atoms with E-state index in [1.807, 2.05) is 42.5 Å². The molecule has 1 heterocycles. The Morgan fingerprint density at radius 3 is 2.81 bits per heavy atom. The summed E-state index contributed by atoms with van der Waals surface area (Å²) < 4.78 is 2.96. The Kier molecular flexibility index (Phi) is 3.63. The van der Waals surface area contributed by atoms with Crippen LogP contribution in [0.2, 0.25) is 0 Å². The lowest BCUT2D eigenvalue weighted by molar-refractivity contribution is 0.767. The Bertz CT molecular complexity index is 845. The fourth-order valence-electron chi connectivity index (χ4n) is 2.40. The third-order valence-electron chi connectivity index (χ3n) is 3.41. The van der Waals surface area contributed by atoms with Gasteiger partial charge in [0.05, 0.1) is 30.1 Å². The second-order valence-electron chi connectivity index (χ2n) is 4.76. The second kappa shape index (κ2) is 5.58. The first-order valence-corrected chi connectivity index (χ1v) is 7.34. The van der Waals surface area contributed by atoms with Gasteiger partial charge >= 0.3 is 0 Å². The third kappa shape index (κ3) is 2.50. The molecule has 2 aromatic carbocycles. The molecule has 0 saturated carbocycles. The summed E-state index contributed by atoms with van der Waals surface area (Å²) in [4.78, 5) is 4.54. The van der Waals surface area contributed by atoms with E-state index in [9.17, 15) is 0 Å². The summed E-state index contributed by atoms with van der Waals surface area (Å²) in [5, 5.41) is 9.00. The van der Waals surface area contributed by atoms with Gasteiger partial charge in [-0.3, -0.25) is 0 Å². The van der Waals surface area contributed by atoms with Crippen molar-refractivity contribution < 1.29 is 0 Å². The van der Waals surface area contributed by atoms with Gasteiger partial charge < -0.3 is 10.3 Å². The van der Waals surface area contributed by atoms with E-state index in [0.717, 1.165) is 26.9 Å². The molecule has 0 bridgehead atoms. The summed E-state index contributed by atoms with van der Waals surface area (Å²) in [6.07, 6.45) is 0.286. The van der Waals surface area contributed by atoms with Gasteiger partial charge in [0.2, 0.25) is 0 Å². The molecule has 0 fully saturated rings. The number of para-hydroxylation sites is 2. The number of nitrogens with zero attached hydrogens (tertiary/aromatic N) is 3. The van der Waals surface area contributed by atoms with Crippen LogP contribution in [0.1, 0.15) is 11.4 Å². The van der Waals surface area contributed by atoms with E-state index in [0.29, 0.717) is 12.2 Å². The number of rotatable bonds is 3. The molecule has 5 heteroatoms. The number of aromatic nitrogens is 2. The number of fused-ring (bicyclic) bond motifs is 1. The third-order valence-corrected chi connectivity index (χ3v) is 4.37. The highest BCUT2D eigenvalue weighted by Crippen LogP contribution is 2.26. The van der Waals surface area contributed by atoms with Crippen molar-refractivity contribution in [1.29, 1.82) is 5.26 Å². The Morgan fingerprint density at radius 2 is 2.00 bits per heavy atom. The highest BCUT2D eigenvalue weighted by molar-refractivity contribution is 9.10. The number of hydrogen-bond acceptors (Lipinski definition) is 3. The largest absolute Gasteiger partial charge is 0.398 e. The molecule has 0 amide bonds. The quantitative estimate of drug-likeness (QED) is 0.742. The van der Waals surface area contributed by atoms with E-state index in [4.69, 9.17) is 11.0 Å². The van der Waals surface area contributed by atoms with Crippen molar-refractivity contribution in [3.8, 4) is 6.07 Å². The minimum atomic E-state index is 0.286.